The van der Waals surface area contributed by atoms with E-state index in [4.69, 9.17) is 11.5 Å². The molecule has 1 spiro atoms. The van der Waals surface area contributed by atoms with E-state index in [1.54, 1.807) is 13.8 Å². The Morgan fingerprint density at radius 1 is 0.660 bits per heavy atom. The van der Waals surface area contributed by atoms with Crippen LogP contribution in [0, 0.1) is 11.8 Å². The molecule has 0 aromatic carbocycles. The summed E-state index contributed by atoms with van der Waals surface area (Å²) in [6.45, 7) is 8.22. The third-order valence-electron chi connectivity index (χ3n) is 17.0. The second-order valence-electron chi connectivity index (χ2n) is 26.8. The molecule has 0 aliphatic carbocycles. The van der Waals surface area contributed by atoms with Crippen LogP contribution in [0.3, 0.4) is 0 Å². The minimum atomic E-state index is -2.23. The van der Waals surface area contributed by atoms with Crippen LogP contribution in [0.25, 0.3) is 0 Å². The van der Waals surface area contributed by atoms with Gasteiger partial charge in [-0.15, -0.1) is 0 Å². The molecule has 0 radical (unpaired) electrons. The largest absolute Gasteiger partial charge is 0.393 e. The molecule has 538 valence electrons. The Morgan fingerprint density at radius 3 is 1.78 bits per heavy atom. The van der Waals surface area contributed by atoms with E-state index in [0.29, 0.717) is 49.6 Å². The van der Waals surface area contributed by atoms with Crippen LogP contribution >= 0.6 is 11.8 Å². The van der Waals surface area contributed by atoms with Crippen LogP contribution in [0.5, 0.6) is 0 Å². The number of carbonyl (C=O) groups is 10. The highest BCUT2D eigenvalue weighted by molar-refractivity contribution is 7.99. The number of quaternary nitrogens is 1. The van der Waals surface area contributed by atoms with Crippen molar-refractivity contribution in [3.63, 3.8) is 0 Å². The first kappa shape index (κ1) is 84.3. The molecule has 19 N–H and O–H groups in total. The Labute approximate surface area is 559 Å². The average molecular weight is 1360 g/mol. The van der Waals surface area contributed by atoms with Gasteiger partial charge in [-0.2, -0.15) is 11.8 Å². The minimum Gasteiger partial charge on any atom is -0.393 e. The number of hydrogen-bond acceptors (Lipinski definition) is 18. The zero-order valence-corrected chi connectivity index (χ0v) is 57.7. The molecule has 2 heterocycles. The van der Waals surface area contributed by atoms with E-state index in [-0.39, 0.29) is 49.4 Å². The maximum absolute atomic E-state index is 15.1. The quantitative estimate of drug-likeness (QED) is 0.0161. The summed E-state index contributed by atoms with van der Waals surface area (Å²) in [4.78, 5) is 137. The lowest BCUT2D eigenvalue weighted by Crippen LogP contribution is -2.68. The first-order valence-corrected chi connectivity index (χ1v) is 34.8. The third kappa shape index (κ3) is 33.7. The Hall–Kier alpha value is -5.79. The molecule has 10 unspecified atom stereocenters. The van der Waals surface area contributed by atoms with Gasteiger partial charge in [-0.05, 0) is 103 Å². The number of nitrogens with two attached hydrogens (primary N) is 2. The standard InChI is InChI=1S/C65H115N11O17S/c1-9-40(3)56-63(92)75-65(39-94-31-30-68-59(88)51(36-55(67)85)71-61(90)50(73-64(65)93)28-29-54(66)84)37-52(62(91)70-49(10-2)60(89)74-56)72-58(87)42(5)69-57(86)41(4)53(83)25-23-21-19-17-15-13-11-12-14-16-18-20-22-24-43(77)32-46(80)34-48(82)35-47(81)33-44(78)26-27-45(79)38-76(6,7)8/h10-12,40-48,50-53,56,77-83H,9,13-39H2,1-8H3,(H11-,66,67,68,69,70,71,72,73,74,75,84,85,86,87,88,89,90,91,92,93)/p+1/b12-11-,49-10+/t40-,41?,42-,43?,44?,45?,46?,47?,48?,50-,51-,52?,53?,56-,65?/m0/s1. The van der Waals surface area contributed by atoms with Crippen molar-refractivity contribution in [2.24, 2.45) is 23.3 Å². The molecule has 2 saturated heterocycles. The van der Waals surface area contributed by atoms with Crippen LogP contribution in [0.2, 0.25) is 0 Å². The van der Waals surface area contributed by atoms with E-state index >= 15 is 4.79 Å². The number of rotatable bonds is 40. The summed E-state index contributed by atoms with van der Waals surface area (Å²) in [6.07, 6.45) is 9.43. The summed E-state index contributed by atoms with van der Waals surface area (Å²) in [5.41, 5.74) is 8.31. The SMILES string of the molecule is C/C=C1/NC(=O)C(NC(=O)[C@H](C)NC(=O)C(C)C(O)CCCCCCC/C=C\CCCCCCC(O)CC(O)CC(O)CC(O)CC(O)CCC(O)C[N+](C)(C)C)CC2(CSCCNC(=O)[C@H](CC(N)=O)NC(=O)[C@H](CCC(N)=O)NC2=O)NC(=O)[C@H]([C@@H](C)CC)NC1=O. The minimum absolute atomic E-state index is 0.00530. The van der Waals surface area contributed by atoms with Crippen molar-refractivity contribution in [3.05, 3.63) is 23.9 Å². The summed E-state index contributed by atoms with van der Waals surface area (Å²) in [5.74, 6) is -10.8. The van der Waals surface area contributed by atoms with Crippen molar-refractivity contribution in [1.29, 1.82) is 0 Å². The molecule has 94 heavy (non-hydrogen) atoms. The normalized spacial score (nSPS) is 23.5. The number of carbonyl (C=O) groups excluding carboxylic acids is 10. The van der Waals surface area contributed by atoms with Gasteiger partial charge in [-0.1, -0.05) is 90.4 Å². The maximum atomic E-state index is 15.1. The monoisotopic (exact) mass is 1350 g/mol. The number of hydrogen-bond donors (Lipinski definition) is 17. The highest BCUT2D eigenvalue weighted by Crippen LogP contribution is 2.26. The summed E-state index contributed by atoms with van der Waals surface area (Å²) in [5, 5.41) is 93.8. The predicted molar refractivity (Wildman–Crippen MR) is 356 cm³/mol. The lowest BCUT2D eigenvalue weighted by molar-refractivity contribution is -0.873. The summed E-state index contributed by atoms with van der Waals surface area (Å²) in [7, 11) is 5.91. The highest BCUT2D eigenvalue weighted by atomic mass is 32.2. The predicted octanol–water partition coefficient (Wildman–Crippen LogP) is -0.404. The Balaban J connectivity index is 1.95. The van der Waals surface area contributed by atoms with Gasteiger partial charge in [0.25, 0.3) is 5.91 Å². The number of nitrogens with zero attached hydrogens (tertiary/aromatic N) is 1. The maximum Gasteiger partial charge on any atom is 0.268 e. The van der Waals surface area contributed by atoms with Crippen molar-refractivity contribution in [2.75, 3.05) is 45.7 Å². The Morgan fingerprint density at radius 2 is 1.21 bits per heavy atom. The van der Waals surface area contributed by atoms with Crippen molar-refractivity contribution in [2.45, 2.75) is 267 Å². The highest BCUT2D eigenvalue weighted by Gasteiger charge is 2.48. The van der Waals surface area contributed by atoms with Crippen molar-refractivity contribution < 1.29 is 88.2 Å². The van der Waals surface area contributed by atoms with Crippen LogP contribution in [0.15, 0.2) is 23.9 Å². The van der Waals surface area contributed by atoms with E-state index in [1.165, 1.54) is 26.8 Å². The zero-order valence-electron chi connectivity index (χ0n) is 56.8. The van der Waals surface area contributed by atoms with E-state index in [2.05, 4.69) is 54.7 Å². The molecule has 0 aromatic rings. The van der Waals surface area contributed by atoms with Crippen LogP contribution in [-0.4, -0.2) is 224 Å². The lowest BCUT2D eigenvalue weighted by atomic mass is 9.88. The first-order valence-electron chi connectivity index (χ1n) is 33.7. The van der Waals surface area contributed by atoms with Crippen LogP contribution < -0.4 is 54.0 Å². The molecule has 2 aliphatic heterocycles. The van der Waals surface area contributed by atoms with Gasteiger partial charge in [0.1, 0.15) is 54.1 Å². The number of likely N-dealkylation sites (N-methyl/N-ethyl adjacent to an activating group) is 1. The second kappa shape index (κ2) is 44.1. The molecule has 2 fully saturated rings. The Kier molecular flexibility index (Phi) is 39.6. The van der Waals surface area contributed by atoms with Crippen LogP contribution in [0.1, 0.15) is 189 Å². The van der Waals surface area contributed by atoms with E-state index in [9.17, 15) is 78.9 Å². The van der Waals surface area contributed by atoms with E-state index < -0.39 is 175 Å². The van der Waals surface area contributed by atoms with Gasteiger partial charge >= 0.3 is 0 Å². The zero-order chi connectivity index (χ0) is 70.7. The van der Waals surface area contributed by atoms with Crippen LogP contribution in [0.4, 0.5) is 0 Å². The average Bonchev–Trinajstić information content (AvgIpc) is 1.20. The molecule has 29 heteroatoms. The molecule has 2 rings (SSSR count). The number of primary amides is 2. The van der Waals surface area contributed by atoms with Gasteiger partial charge in [-0.3, -0.25) is 47.9 Å². The van der Waals surface area contributed by atoms with Crippen LogP contribution in [-0.2, 0) is 47.9 Å². The molecule has 0 saturated carbocycles. The molecule has 28 nitrogen and oxygen atoms in total. The number of aliphatic hydroxyl groups excluding tert-OH is 7. The number of unbranched alkanes of at least 4 members (excludes halogenated alkanes) is 9. The van der Waals surface area contributed by atoms with Gasteiger partial charge in [-0.25, -0.2) is 0 Å². The number of allylic oxidation sites excluding steroid dienone is 3. The number of nitrogens with one attached hydrogen (secondary N) is 8. The number of amides is 10. The second-order valence-corrected chi connectivity index (χ2v) is 27.9. The van der Waals surface area contributed by atoms with Gasteiger partial charge in [0.15, 0.2) is 0 Å². The van der Waals surface area contributed by atoms with Gasteiger partial charge in [0, 0.05) is 30.9 Å². The molecule has 10 amide bonds. The molecular formula is C65H116N11O17S+. The lowest BCUT2D eigenvalue weighted by Gasteiger charge is -2.38. The van der Waals surface area contributed by atoms with Crippen molar-refractivity contribution >= 4 is 70.8 Å². The molecule has 0 bridgehead atoms. The van der Waals surface area contributed by atoms with E-state index in [1.807, 2.05) is 21.1 Å². The number of aliphatic hydroxyl groups is 7. The van der Waals surface area contributed by atoms with Gasteiger partial charge < -0.3 is 94.2 Å². The third-order valence-corrected chi connectivity index (χ3v) is 18.2. The topological polar surface area (TPSA) is 461 Å². The molecular weight excluding hydrogens is 1240 g/mol. The van der Waals surface area contributed by atoms with Gasteiger partial charge in [0.2, 0.25) is 53.2 Å². The first-order chi connectivity index (χ1) is 44.2. The summed E-state index contributed by atoms with van der Waals surface area (Å²) in [6, 6.07) is -7.54. The molecule has 2 aliphatic rings. The molecule has 15 atom stereocenters. The smallest absolute Gasteiger partial charge is 0.268 e. The summed E-state index contributed by atoms with van der Waals surface area (Å²) >= 11 is 1.03. The molecule has 0 aromatic heterocycles. The van der Waals surface area contributed by atoms with E-state index in [0.717, 1.165) is 76.0 Å². The van der Waals surface area contributed by atoms with Gasteiger partial charge in [0.05, 0.1) is 70.1 Å². The fourth-order valence-corrected chi connectivity index (χ4v) is 12.2. The fraction of sp³-hybridized carbons (Fsp3) is 0.785. The fourth-order valence-electron chi connectivity index (χ4n) is 11.2. The van der Waals surface area contributed by atoms with Crippen molar-refractivity contribution in [1.82, 2.24) is 42.5 Å². The van der Waals surface area contributed by atoms with Crippen molar-refractivity contribution in [3.8, 4) is 0 Å². The summed E-state index contributed by atoms with van der Waals surface area (Å²) < 4.78 is 0.593. The Bertz CT molecular complexity index is 2470. The number of thioether (sulfide) groups is 1.